The lowest BCUT2D eigenvalue weighted by Gasteiger charge is -2.00. The first-order valence-electron chi connectivity index (χ1n) is 5.41. The third-order valence-corrected chi connectivity index (χ3v) is 3.38. The molecule has 0 radical (unpaired) electrons. The SMILES string of the molecule is COCCOCCc1nc(C2CC2)cs1. The van der Waals surface area contributed by atoms with Crippen LogP contribution in [-0.4, -0.2) is 31.9 Å². The van der Waals surface area contributed by atoms with E-state index >= 15 is 0 Å². The first kappa shape index (κ1) is 11.0. The van der Waals surface area contributed by atoms with Crippen LogP contribution in [-0.2, 0) is 15.9 Å². The topological polar surface area (TPSA) is 31.4 Å². The van der Waals surface area contributed by atoms with Crippen molar-refractivity contribution in [2.45, 2.75) is 25.2 Å². The molecule has 0 spiro atoms. The molecule has 1 saturated carbocycles. The fraction of sp³-hybridized carbons (Fsp3) is 0.727. The van der Waals surface area contributed by atoms with Crippen LogP contribution in [0.15, 0.2) is 5.38 Å². The van der Waals surface area contributed by atoms with E-state index in [9.17, 15) is 0 Å². The molecule has 0 saturated heterocycles. The van der Waals surface area contributed by atoms with Gasteiger partial charge in [0.05, 0.1) is 30.5 Å². The molecule has 1 aliphatic rings. The van der Waals surface area contributed by atoms with Gasteiger partial charge in [0.25, 0.3) is 0 Å². The fourth-order valence-electron chi connectivity index (χ4n) is 1.41. The standard InChI is InChI=1S/C11H17NO2S/c1-13-6-7-14-5-4-11-12-10(8-15-11)9-2-3-9/h8-9H,2-7H2,1H3. The van der Waals surface area contributed by atoms with Gasteiger partial charge in [-0.1, -0.05) is 0 Å². The minimum Gasteiger partial charge on any atom is -0.382 e. The van der Waals surface area contributed by atoms with Gasteiger partial charge in [-0.15, -0.1) is 11.3 Å². The largest absolute Gasteiger partial charge is 0.382 e. The van der Waals surface area contributed by atoms with Crippen LogP contribution in [0.5, 0.6) is 0 Å². The van der Waals surface area contributed by atoms with E-state index < -0.39 is 0 Å². The minimum atomic E-state index is 0.672. The van der Waals surface area contributed by atoms with E-state index in [-0.39, 0.29) is 0 Å². The van der Waals surface area contributed by atoms with E-state index in [2.05, 4.69) is 10.4 Å². The first-order chi connectivity index (χ1) is 7.40. The molecule has 84 valence electrons. The smallest absolute Gasteiger partial charge is 0.0951 e. The van der Waals surface area contributed by atoms with Gasteiger partial charge < -0.3 is 9.47 Å². The molecule has 4 heteroatoms. The molecular formula is C11H17NO2S. The number of hydrogen-bond acceptors (Lipinski definition) is 4. The first-order valence-corrected chi connectivity index (χ1v) is 6.29. The summed E-state index contributed by atoms with van der Waals surface area (Å²) in [6.45, 7) is 2.10. The highest BCUT2D eigenvalue weighted by Gasteiger charge is 2.25. The summed E-state index contributed by atoms with van der Waals surface area (Å²) in [4.78, 5) is 4.60. The van der Waals surface area contributed by atoms with Crippen LogP contribution >= 0.6 is 11.3 Å². The van der Waals surface area contributed by atoms with E-state index in [0.717, 1.165) is 18.9 Å². The lowest BCUT2D eigenvalue weighted by Crippen LogP contribution is -2.04. The molecule has 1 fully saturated rings. The molecule has 0 aromatic carbocycles. The van der Waals surface area contributed by atoms with Crippen molar-refractivity contribution in [2.75, 3.05) is 26.9 Å². The van der Waals surface area contributed by atoms with Gasteiger partial charge in [0.2, 0.25) is 0 Å². The summed E-state index contributed by atoms with van der Waals surface area (Å²) in [5, 5.41) is 3.40. The summed E-state index contributed by atoms with van der Waals surface area (Å²) in [5.41, 5.74) is 1.30. The van der Waals surface area contributed by atoms with Gasteiger partial charge in [0.15, 0.2) is 0 Å². The molecule has 0 amide bonds. The van der Waals surface area contributed by atoms with Crippen molar-refractivity contribution in [1.29, 1.82) is 0 Å². The number of ether oxygens (including phenoxy) is 2. The highest BCUT2D eigenvalue weighted by Crippen LogP contribution is 2.40. The van der Waals surface area contributed by atoms with Crippen molar-refractivity contribution in [3.05, 3.63) is 16.1 Å². The van der Waals surface area contributed by atoms with Crippen LogP contribution in [0.2, 0.25) is 0 Å². The molecule has 0 unspecified atom stereocenters. The highest BCUT2D eigenvalue weighted by atomic mass is 32.1. The fourth-order valence-corrected chi connectivity index (χ4v) is 2.27. The number of methoxy groups -OCH3 is 1. The Hall–Kier alpha value is -0.450. The zero-order valence-corrected chi connectivity index (χ0v) is 9.89. The quantitative estimate of drug-likeness (QED) is 0.669. The summed E-state index contributed by atoms with van der Waals surface area (Å²) < 4.78 is 10.3. The van der Waals surface area contributed by atoms with Crippen molar-refractivity contribution in [3.8, 4) is 0 Å². The Morgan fingerprint density at radius 2 is 2.27 bits per heavy atom. The monoisotopic (exact) mass is 227 g/mol. The molecule has 2 rings (SSSR count). The molecule has 0 bridgehead atoms. The van der Waals surface area contributed by atoms with E-state index in [1.807, 2.05) is 0 Å². The number of thiazole rings is 1. The molecular weight excluding hydrogens is 210 g/mol. The number of hydrogen-bond donors (Lipinski definition) is 0. The second-order valence-corrected chi connectivity index (χ2v) is 4.74. The Balaban J connectivity index is 1.64. The Labute approximate surface area is 94.4 Å². The Kier molecular flexibility index (Phi) is 4.11. The molecule has 0 N–H and O–H groups in total. The normalized spacial score (nSPS) is 15.8. The number of nitrogens with zero attached hydrogens (tertiary/aromatic N) is 1. The Morgan fingerprint density at radius 3 is 3.00 bits per heavy atom. The van der Waals surface area contributed by atoms with Gasteiger partial charge in [-0.3, -0.25) is 0 Å². The molecule has 1 aromatic rings. The number of aromatic nitrogens is 1. The molecule has 0 aliphatic heterocycles. The Morgan fingerprint density at radius 1 is 1.40 bits per heavy atom. The predicted molar refractivity (Wildman–Crippen MR) is 60.5 cm³/mol. The van der Waals surface area contributed by atoms with Crippen LogP contribution in [0.1, 0.15) is 29.5 Å². The van der Waals surface area contributed by atoms with Crippen LogP contribution in [0.4, 0.5) is 0 Å². The van der Waals surface area contributed by atoms with E-state index in [1.165, 1.54) is 23.5 Å². The van der Waals surface area contributed by atoms with Crippen molar-refractivity contribution in [3.63, 3.8) is 0 Å². The second kappa shape index (κ2) is 5.58. The van der Waals surface area contributed by atoms with Crippen molar-refractivity contribution in [2.24, 2.45) is 0 Å². The third kappa shape index (κ3) is 3.55. The lowest BCUT2D eigenvalue weighted by molar-refractivity contribution is 0.0722. The zero-order chi connectivity index (χ0) is 10.5. The van der Waals surface area contributed by atoms with Crippen molar-refractivity contribution < 1.29 is 9.47 Å². The average molecular weight is 227 g/mol. The van der Waals surface area contributed by atoms with Gasteiger partial charge in [0, 0.05) is 24.8 Å². The predicted octanol–water partition coefficient (Wildman–Crippen LogP) is 2.23. The molecule has 15 heavy (non-hydrogen) atoms. The van der Waals surface area contributed by atoms with Gasteiger partial charge >= 0.3 is 0 Å². The summed E-state index contributed by atoms with van der Waals surface area (Å²) in [7, 11) is 1.69. The maximum atomic E-state index is 5.41. The van der Waals surface area contributed by atoms with E-state index in [0.29, 0.717) is 13.2 Å². The van der Waals surface area contributed by atoms with Crippen LogP contribution < -0.4 is 0 Å². The molecule has 3 nitrogen and oxygen atoms in total. The molecule has 1 aromatic heterocycles. The summed E-state index contributed by atoms with van der Waals surface area (Å²) in [5.74, 6) is 0.768. The van der Waals surface area contributed by atoms with Gasteiger partial charge in [0.1, 0.15) is 0 Å². The van der Waals surface area contributed by atoms with Crippen molar-refractivity contribution in [1.82, 2.24) is 4.98 Å². The summed E-state index contributed by atoms with van der Waals surface area (Å²) >= 11 is 1.76. The summed E-state index contributed by atoms with van der Waals surface area (Å²) in [6, 6.07) is 0. The highest BCUT2D eigenvalue weighted by molar-refractivity contribution is 7.09. The summed E-state index contributed by atoms with van der Waals surface area (Å²) in [6.07, 6.45) is 3.59. The third-order valence-electron chi connectivity index (χ3n) is 2.46. The Bertz CT molecular complexity index is 297. The van der Waals surface area contributed by atoms with Gasteiger partial charge in [-0.25, -0.2) is 4.98 Å². The molecule has 1 aliphatic carbocycles. The average Bonchev–Trinajstić information content (AvgIpc) is 2.99. The van der Waals surface area contributed by atoms with Gasteiger partial charge in [-0.05, 0) is 12.8 Å². The van der Waals surface area contributed by atoms with Crippen molar-refractivity contribution >= 4 is 11.3 Å². The molecule has 1 heterocycles. The zero-order valence-electron chi connectivity index (χ0n) is 9.07. The van der Waals surface area contributed by atoms with Gasteiger partial charge in [-0.2, -0.15) is 0 Å². The maximum Gasteiger partial charge on any atom is 0.0951 e. The molecule has 0 atom stereocenters. The van der Waals surface area contributed by atoms with E-state index in [1.54, 1.807) is 18.4 Å². The minimum absolute atomic E-state index is 0.672. The maximum absolute atomic E-state index is 5.41. The second-order valence-electron chi connectivity index (χ2n) is 3.80. The van der Waals surface area contributed by atoms with Crippen LogP contribution in [0.25, 0.3) is 0 Å². The lowest BCUT2D eigenvalue weighted by atomic mass is 10.3. The van der Waals surface area contributed by atoms with E-state index in [4.69, 9.17) is 9.47 Å². The van der Waals surface area contributed by atoms with Crippen LogP contribution in [0, 0.1) is 0 Å². The van der Waals surface area contributed by atoms with Crippen LogP contribution in [0.3, 0.4) is 0 Å². The number of rotatable bonds is 7.